The molecule has 4 nitrogen and oxygen atoms in total. The summed E-state index contributed by atoms with van der Waals surface area (Å²) < 4.78 is 0. The summed E-state index contributed by atoms with van der Waals surface area (Å²) in [6.07, 6.45) is 0. The molecule has 2 rings (SSSR count). The number of carbonyl (C=O) groups excluding carboxylic acids is 1. The number of nitrogens with one attached hydrogen (secondary N) is 1. The van der Waals surface area contributed by atoms with Crippen LogP contribution in [-0.2, 0) is 0 Å². The fourth-order valence-corrected chi connectivity index (χ4v) is 1.45. The van der Waals surface area contributed by atoms with Gasteiger partial charge < -0.3 is 11.1 Å². The summed E-state index contributed by atoms with van der Waals surface area (Å²) >= 11 is 5.73. The first-order chi connectivity index (χ1) is 6.66. The molecular formula is C9H8ClN3O. The molecule has 1 unspecified atom stereocenters. The lowest BCUT2D eigenvalue weighted by atomic mass is 10.1. The first-order valence-electron chi connectivity index (χ1n) is 4.07. The molecule has 1 aliphatic rings. The third kappa shape index (κ3) is 1.56. The van der Waals surface area contributed by atoms with Crippen LogP contribution in [-0.4, -0.2) is 11.9 Å². The van der Waals surface area contributed by atoms with Crippen LogP contribution in [0, 0.1) is 0 Å². The van der Waals surface area contributed by atoms with Gasteiger partial charge in [0.05, 0.1) is 0 Å². The second-order valence-corrected chi connectivity index (χ2v) is 3.41. The number of nitrogens with zero attached hydrogens (tertiary/aromatic N) is 1. The number of amidine groups is 1. The quantitative estimate of drug-likeness (QED) is 0.735. The Kier molecular flexibility index (Phi) is 2.13. The highest BCUT2D eigenvalue weighted by molar-refractivity contribution is 6.30. The highest BCUT2D eigenvalue weighted by atomic mass is 35.5. The number of carbonyl (C=O) groups is 1. The van der Waals surface area contributed by atoms with Gasteiger partial charge in [0.25, 0.3) is 0 Å². The molecular weight excluding hydrogens is 202 g/mol. The van der Waals surface area contributed by atoms with E-state index in [1.165, 1.54) is 0 Å². The molecule has 0 saturated heterocycles. The first kappa shape index (κ1) is 9.02. The number of nitrogens with two attached hydrogens (primary N) is 1. The van der Waals surface area contributed by atoms with Crippen LogP contribution in [0.1, 0.15) is 11.6 Å². The van der Waals surface area contributed by atoms with Gasteiger partial charge in [0, 0.05) is 5.02 Å². The normalized spacial score (nSPS) is 20.5. The molecule has 5 heteroatoms. The van der Waals surface area contributed by atoms with Crippen LogP contribution in [0.4, 0.5) is 4.79 Å². The molecule has 0 spiro atoms. The van der Waals surface area contributed by atoms with Gasteiger partial charge in [0.1, 0.15) is 11.9 Å². The number of aliphatic imine (C=N–C) groups is 1. The van der Waals surface area contributed by atoms with Gasteiger partial charge in [-0.2, -0.15) is 4.99 Å². The minimum absolute atomic E-state index is 0.289. The maximum Gasteiger partial charge on any atom is 0.343 e. The second-order valence-electron chi connectivity index (χ2n) is 2.97. The Morgan fingerprint density at radius 3 is 2.50 bits per heavy atom. The Morgan fingerprint density at radius 1 is 1.36 bits per heavy atom. The molecule has 1 heterocycles. The lowest BCUT2D eigenvalue weighted by Gasteiger charge is -2.10. The molecule has 0 bridgehead atoms. The van der Waals surface area contributed by atoms with E-state index in [1.54, 1.807) is 24.3 Å². The lowest BCUT2D eigenvalue weighted by molar-refractivity contribution is 0.250. The van der Waals surface area contributed by atoms with Crippen LogP contribution >= 0.6 is 11.6 Å². The van der Waals surface area contributed by atoms with Crippen LogP contribution in [0.2, 0.25) is 5.02 Å². The highest BCUT2D eigenvalue weighted by Crippen LogP contribution is 2.19. The van der Waals surface area contributed by atoms with Crippen LogP contribution in [0.25, 0.3) is 0 Å². The minimum atomic E-state index is -0.401. The van der Waals surface area contributed by atoms with Gasteiger partial charge in [-0.15, -0.1) is 0 Å². The average molecular weight is 210 g/mol. The van der Waals surface area contributed by atoms with E-state index in [2.05, 4.69) is 10.3 Å². The van der Waals surface area contributed by atoms with Crippen LogP contribution in [0.15, 0.2) is 29.3 Å². The largest absolute Gasteiger partial charge is 0.385 e. The number of benzene rings is 1. The van der Waals surface area contributed by atoms with Crippen molar-refractivity contribution in [3.63, 3.8) is 0 Å². The topological polar surface area (TPSA) is 67.5 Å². The van der Waals surface area contributed by atoms with Crippen molar-refractivity contribution in [2.24, 2.45) is 10.7 Å². The van der Waals surface area contributed by atoms with Gasteiger partial charge in [0.15, 0.2) is 0 Å². The van der Waals surface area contributed by atoms with E-state index in [9.17, 15) is 4.79 Å². The molecule has 1 aliphatic heterocycles. The lowest BCUT2D eigenvalue weighted by Crippen LogP contribution is -2.27. The Morgan fingerprint density at radius 2 is 2.00 bits per heavy atom. The van der Waals surface area contributed by atoms with E-state index >= 15 is 0 Å². The average Bonchev–Trinajstić information content (AvgIpc) is 2.47. The summed E-state index contributed by atoms with van der Waals surface area (Å²) in [5.74, 6) is 0.289. The van der Waals surface area contributed by atoms with Crippen molar-refractivity contribution >= 4 is 23.5 Å². The number of urea groups is 1. The van der Waals surface area contributed by atoms with Crippen LogP contribution in [0.3, 0.4) is 0 Å². The summed E-state index contributed by atoms with van der Waals surface area (Å²) in [4.78, 5) is 14.5. The van der Waals surface area contributed by atoms with Crippen LogP contribution < -0.4 is 11.1 Å². The van der Waals surface area contributed by atoms with E-state index in [0.29, 0.717) is 5.02 Å². The summed E-state index contributed by atoms with van der Waals surface area (Å²) in [5, 5.41) is 3.28. The molecule has 0 saturated carbocycles. The molecule has 72 valence electrons. The van der Waals surface area contributed by atoms with E-state index in [-0.39, 0.29) is 11.9 Å². The van der Waals surface area contributed by atoms with Gasteiger partial charge in [-0.3, -0.25) is 0 Å². The predicted octanol–water partition coefficient (Wildman–Crippen LogP) is 1.46. The number of hydrogen-bond donors (Lipinski definition) is 2. The molecule has 3 N–H and O–H groups in total. The molecule has 1 aromatic rings. The Hall–Kier alpha value is -1.55. The standard InChI is InChI=1S/C9H8ClN3O/c10-6-3-1-5(2-4-6)7-8(11)13-9(14)12-7/h1-4,7H,(H3,11,12,13,14). The van der Waals surface area contributed by atoms with Gasteiger partial charge >= 0.3 is 6.03 Å². The summed E-state index contributed by atoms with van der Waals surface area (Å²) in [6, 6.07) is 6.38. The van der Waals surface area contributed by atoms with Crippen molar-refractivity contribution in [3.05, 3.63) is 34.9 Å². The molecule has 0 fully saturated rings. The van der Waals surface area contributed by atoms with Crippen molar-refractivity contribution in [3.8, 4) is 0 Å². The fraction of sp³-hybridized carbons (Fsp3) is 0.111. The third-order valence-corrected chi connectivity index (χ3v) is 2.25. The van der Waals surface area contributed by atoms with E-state index < -0.39 is 6.03 Å². The monoisotopic (exact) mass is 209 g/mol. The molecule has 0 aliphatic carbocycles. The molecule has 1 aromatic carbocycles. The number of amides is 2. The number of halogens is 1. The van der Waals surface area contributed by atoms with Gasteiger partial charge in [-0.05, 0) is 17.7 Å². The minimum Gasteiger partial charge on any atom is -0.385 e. The molecule has 0 radical (unpaired) electrons. The Labute approximate surface area is 85.8 Å². The summed E-state index contributed by atoms with van der Waals surface area (Å²) in [7, 11) is 0. The van der Waals surface area contributed by atoms with E-state index in [0.717, 1.165) is 5.56 Å². The van der Waals surface area contributed by atoms with Crippen LogP contribution in [0.5, 0.6) is 0 Å². The zero-order valence-electron chi connectivity index (χ0n) is 7.20. The van der Waals surface area contributed by atoms with Gasteiger partial charge in [-0.1, -0.05) is 23.7 Å². The maximum atomic E-state index is 10.9. The van der Waals surface area contributed by atoms with Crippen molar-refractivity contribution in [1.29, 1.82) is 0 Å². The molecule has 14 heavy (non-hydrogen) atoms. The molecule has 2 amide bonds. The molecule has 1 atom stereocenters. The van der Waals surface area contributed by atoms with Crippen molar-refractivity contribution in [2.75, 3.05) is 0 Å². The molecule has 0 aromatic heterocycles. The SMILES string of the molecule is NC1=NC(=O)NC1c1ccc(Cl)cc1. The highest BCUT2D eigenvalue weighted by Gasteiger charge is 2.24. The summed E-state index contributed by atoms with van der Waals surface area (Å²) in [6.45, 7) is 0. The Balaban J connectivity index is 2.29. The van der Waals surface area contributed by atoms with Gasteiger partial charge in [-0.25, -0.2) is 4.79 Å². The first-order valence-corrected chi connectivity index (χ1v) is 4.44. The predicted molar refractivity (Wildman–Crippen MR) is 54.3 cm³/mol. The summed E-state index contributed by atoms with van der Waals surface area (Å²) in [5.41, 5.74) is 6.45. The van der Waals surface area contributed by atoms with Gasteiger partial charge in [0.2, 0.25) is 0 Å². The van der Waals surface area contributed by atoms with Crippen molar-refractivity contribution in [1.82, 2.24) is 5.32 Å². The third-order valence-electron chi connectivity index (χ3n) is 2.00. The van der Waals surface area contributed by atoms with Crippen molar-refractivity contribution in [2.45, 2.75) is 6.04 Å². The maximum absolute atomic E-state index is 10.9. The zero-order chi connectivity index (χ0) is 10.1. The Bertz CT molecular complexity index is 399. The zero-order valence-corrected chi connectivity index (χ0v) is 7.95. The van der Waals surface area contributed by atoms with Crippen molar-refractivity contribution < 1.29 is 4.79 Å². The number of rotatable bonds is 1. The smallest absolute Gasteiger partial charge is 0.343 e. The van der Waals surface area contributed by atoms with E-state index in [4.69, 9.17) is 17.3 Å². The van der Waals surface area contributed by atoms with E-state index in [1.807, 2.05) is 0 Å². The fourth-order valence-electron chi connectivity index (χ4n) is 1.32. The second kappa shape index (κ2) is 3.31. The number of hydrogen-bond acceptors (Lipinski definition) is 2.